The molecule has 0 unspecified atom stereocenters. The van der Waals surface area contributed by atoms with Crippen LogP contribution in [0.3, 0.4) is 0 Å². The van der Waals surface area contributed by atoms with E-state index in [2.05, 4.69) is 17.0 Å². The first-order valence-corrected chi connectivity index (χ1v) is 9.20. The molecule has 4 rings (SSSR count). The first-order valence-electron chi connectivity index (χ1n) is 9.20. The summed E-state index contributed by atoms with van der Waals surface area (Å²) in [7, 11) is 0. The van der Waals surface area contributed by atoms with Gasteiger partial charge in [0.25, 0.3) is 5.91 Å². The van der Waals surface area contributed by atoms with Crippen LogP contribution in [0.2, 0.25) is 0 Å². The normalized spacial score (nSPS) is 15.2. The van der Waals surface area contributed by atoms with Gasteiger partial charge in [0.2, 0.25) is 0 Å². The van der Waals surface area contributed by atoms with Gasteiger partial charge in [0.05, 0.1) is 0 Å². The van der Waals surface area contributed by atoms with Gasteiger partial charge < -0.3 is 9.32 Å². The number of aryl methyl sites for hydroxylation is 1. The summed E-state index contributed by atoms with van der Waals surface area (Å²) in [6.45, 7) is 5.64. The lowest BCUT2D eigenvalue weighted by molar-refractivity contribution is 0.0624. The van der Waals surface area contributed by atoms with E-state index in [9.17, 15) is 9.59 Å². The summed E-state index contributed by atoms with van der Waals surface area (Å²) in [5.41, 5.74) is 2.38. The van der Waals surface area contributed by atoms with Gasteiger partial charge in [-0.2, -0.15) is 0 Å². The molecule has 1 aromatic heterocycles. The van der Waals surface area contributed by atoms with E-state index in [-0.39, 0.29) is 11.5 Å². The van der Waals surface area contributed by atoms with E-state index in [1.54, 1.807) is 17.0 Å². The van der Waals surface area contributed by atoms with Gasteiger partial charge in [-0.05, 0) is 30.7 Å². The number of benzene rings is 2. The largest absolute Gasteiger partial charge is 0.422 e. The molecule has 1 amide bonds. The highest BCUT2D eigenvalue weighted by Gasteiger charge is 2.25. The number of hydrogen-bond acceptors (Lipinski definition) is 4. The Kier molecular flexibility index (Phi) is 4.77. The summed E-state index contributed by atoms with van der Waals surface area (Å²) >= 11 is 0. The maximum atomic E-state index is 12.9. The fourth-order valence-electron chi connectivity index (χ4n) is 3.51. The van der Waals surface area contributed by atoms with E-state index in [1.165, 1.54) is 5.56 Å². The summed E-state index contributed by atoms with van der Waals surface area (Å²) in [6.07, 6.45) is 0. The molecule has 1 aliphatic heterocycles. The fraction of sp³-hybridized carbons (Fsp3) is 0.273. The molecule has 0 radical (unpaired) electrons. The lowest BCUT2D eigenvalue weighted by atomic mass is 10.1. The Hall–Kier alpha value is -2.92. The third-order valence-corrected chi connectivity index (χ3v) is 5.03. The number of carbonyl (C=O) groups is 1. The van der Waals surface area contributed by atoms with Gasteiger partial charge >= 0.3 is 5.63 Å². The topological polar surface area (TPSA) is 53.8 Å². The van der Waals surface area contributed by atoms with Gasteiger partial charge in [-0.15, -0.1) is 0 Å². The maximum absolute atomic E-state index is 12.9. The van der Waals surface area contributed by atoms with Gasteiger partial charge in [-0.3, -0.25) is 9.69 Å². The SMILES string of the molecule is Cc1ccc2oc(=O)c(C(=O)N3CCN(Cc4ccccc4)CC3)cc2c1. The molecule has 1 aliphatic rings. The Labute approximate surface area is 157 Å². The van der Waals surface area contributed by atoms with Crippen molar-refractivity contribution in [3.63, 3.8) is 0 Å². The Bertz CT molecular complexity index is 1020. The molecule has 5 nitrogen and oxygen atoms in total. The van der Waals surface area contributed by atoms with Gasteiger partial charge in [0, 0.05) is 38.1 Å². The molecular weight excluding hydrogens is 340 g/mol. The van der Waals surface area contributed by atoms with Crippen LogP contribution in [-0.2, 0) is 6.54 Å². The summed E-state index contributed by atoms with van der Waals surface area (Å²) in [5.74, 6) is -0.244. The number of fused-ring (bicyclic) bond motifs is 1. The Morgan fingerprint density at radius 3 is 2.48 bits per heavy atom. The number of hydrogen-bond donors (Lipinski definition) is 0. The van der Waals surface area contributed by atoms with Crippen LogP contribution in [0.15, 0.2) is 63.8 Å². The molecule has 0 aliphatic carbocycles. The van der Waals surface area contributed by atoms with Gasteiger partial charge in [-0.25, -0.2) is 4.79 Å². The van der Waals surface area contributed by atoms with Crippen molar-refractivity contribution in [1.29, 1.82) is 0 Å². The molecule has 0 saturated carbocycles. The third kappa shape index (κ3) is 3.78. The minimum Gasteiger partial charge on any atom is -0.422 e. The smallest absolute Gasteiger partial charge is 0.349 e. The molecule has 3 aromatic rings. The molecule has 138 valence electrons. The van der Waals surface area contributed by atoms with Crippen LogP contribution in [0.4, 0.5) is 0 Å². The molecular formula is C22H22N2O3. The Morgan fingerprint density at radius 2 is 1.74 bits per heavy atom. The average Bonchev–Trinajstić information content (AvgIpc) is 2.69. The molecule has 5 heteroatoms. The molecule has 2 aromatic carbocycles. The zero-order chi connectivity index (χ0) is 18.8. The monoisotopic (exact) mass is 362 g/mol. The summed E-state index contributed by atoms with van der Waals surface area (Å²) in [5, 5.41) is 0.778. The predicted molar refractivity (Wildman–Crippen MR) is 105 cm³/mol. The van der Waals surface area contributed by atoms with Gasteiger partial charge in [0.1, 0.15) is 11.1 Å². The second kappa shape index (κ2) is 7.37. The van der Waals surface area contributed by atoms with Crippen molar-refractivity contribution < 1.29 is 9.21 Å². The standard InChI is InChI=1S/C22H22N2O3/c1-16-7-8-20-18(13-16)14-19(22(26)27-20)21(25)24-11-9-23(10-12-24)15-17-5-3-2-4-6-17/h2-8,13-14H,9-12,15H2,1H3. The molecule has 0 atom stereocenters. The number of amides is 1. The van der Waals surface area contributed by atoms with E-state index in [1.807, 2.05) is 37.3 Å². The highest BCUT2D eigenvalue weighted by Crippen LogP contribution is 2.17. The minimum absolute atomic E-state index is 0.115. The second-order valence-corrected chi connectivity index (χ2v) is 7.04. The zero-order valence-electron chi connectivity index (χ0n) is 15.4. The first kappa shape index (κ1) is 17.5. The van der Waals surface area contributed by atoms with E-state index in [0.29, 0.717) is 18.7 Å². The molecule has 0 N–H and O–H groups in total. The highest BCUT2D eigenvalue weighted by atomic mass is 16.4. The van der Waals surface area contributed by atoms with Crippen molar-refractivity contribution in [1.82, 2.24) is 9.80 Å². The van der Waals surface area contributed by atoms with Crippen molar-refractivity contribution in [2.24, 2.45) is 0 Å². The molecule has 2 heterocycles. The van der Waals surface area contributed by atoms with Gasteiger partial charge in [-0.1, -0.05) is 42.0 Å². The van der Waals surface area contributed by atoms with E-state index >= 15 is 0 Å². The number of piperazine rings is 1. The number of carbonyl (C=O) groups excluding carboxylic acids is 1. The van der Waals surface area contributed by atoms with Crippen molar-refractivity contribution in [2.45, 2.75) is 13.5 Å². The summed E-state index contributed by atoms with van der Waals surface area (Å²) in [4.78, 5) is 29.2. The third-order valence-electron chi connectivity index (χ3n) is 5.03. The van der Waals surface area contributed by atoms with Crippen LogP contribution in [0, 0.1) is 6.92 Å². The summed E-state index contributed by atoms with van der Waals surface area (Å²) in [6, 6.07) is 17.5. The average molecular weight is 362 g/mol. The number of nitrogens with zero attached hydrogens (tertiary/aromatic N) is 2. The second-order valence-electron chi connectivity index (χ2n) is 7.04. The lowest BCUT2D eigenvalue weighted by Crippen LogP contribution is -2.49. The van der Waals surface area contributed by atoms with E-state index < -0.39 is 5.63 Å². The first-order chi connectivity index (χ1) is 13.1. The predicted octanol–water partition coefficient (Wildman–Crippen LogP) is 3.06. The van der Waals surface area contributed by atoms with Crippen molar-refractivity contribution in [2.75, 3.05) is 26.2 Å². The van der Waals surface area contributed by atoms with Crippen molar-refractivity contribution >= 4 is 16.9 Å². The Balaban J connectivity index is 1.47. The van der Waals surface area contributed by atoms with Crippen LogP contribution < -0.4 is 5.63 Å². The van der Waals surface area contributed by atoms with E-state index in [0.717, 1.165) is 30.6 Å². The van der Waals surface area contributed by atoms with Crippen LogP contribution in [0.1, 0.15) is 21.5 Å². The van der Waals surface area contributed by atoms with Crippen LogP contribution >= 0.6 is 0 Å². The van der Waals surface area contributed by atoms with Crippen molar-refractivity contribution in [3.05, 3.63) is 81.7 Å². The molecule has 1 fully saturated rings. The molecule has 1 saturated heterocycles. The fourth-order valence-corrected chi connectivity index (χ4v) is 3.51. The van der Waals surface area contributed by atoms with Crippen molar-refractivity contribution in [3.8, 4) is 0 Å². The quantitative estimate of drug-likeness (QED) is 0.672. The molecule has 27 heavy (non-hydrogen) atoms. The van der Waals surface area contributed by atoms with E-state index in [4.69, 9.17) is 4.42 Å². The van der Waals surface area contributed by atoms with Crippen LogP contribution in [0.5, 0.6) is 0 Å². The highest BCUT2D eigenvalue weighted by molar-refractivity contribution is 5.96. The van der Waals surface area contributed by atoms with Crippen LogP contribution in [0.25, 0.3) is 11.0 Å². The zero-order valence-corrected chi connectivity index (χ0v) is 15.4. The Morgan fingerprint density at radius 1 is 1.00 bits per heavy atom. The molecule has 0 spiro atoms. The summed E-state index contributed by atoms with van der Waals surface area (Å²) < 4.78 is 5.35. The van der Waals surface area contributed by atoms with Gasteiger partial charge in [0.15, 0.2) is 0 Å². The minimum atomic E-state index is -0.567. The maximum Gasteiger partial charge on any atom is 0.349 e. The van der Waals surface area contributed by atoms with Crippen LogP contribution in [-0.4, -0.2) is 41.9 Å². The lowest BCUT2D eigenvalue weighted by Gasteiger charge is -2.34. The molecule has 0 bridgehead atoms. The number of rotatable bonds is 3.